The van der Waals surface area contributed by atoms with E-state index in [1.165, 1.54) is 57.8 Å². The van der Waals surface area contributed by atoms with Gasteiger partial charge in [-0.2, -0.15) is 0 Å². The zero-order valence-electron chi connectivity index (χ0n) is 22.2. The number of rotatable bonds is 9. The van der Waals surface area contributed by atoms with Crippen LogP contribution in [0.4, 0.5) is 0 Å². The van der Waals surface area contributed by atoms with E-state index < -0.39 is 0 Å². The third-order valence-corrected chi connectivity index (χ3v) is 12.4. The maximum atomic E-state index is 12.0. The highest BCUT2D eigenvalue weighted by Gasteiger charge is 2.77. The molecule has 3 heteroatoms. The molecule has 0 aromatic carbocycles. The summed E-state index contributed by atoms with van der Waals surface area (Å²) in [6, 6.07) is 0. The molecule has 0 amide bonds. The smallest absolute Gasteiger partial charge is 0.305 e. The Hall–Kier alpha value is -0.570. The molecule has 1 unspecified atom stereocenters. The number of unbranched alkanes of at least 4 members (excludes halogenated alkanes) is 1. The summed E-state index contributed by atoms with van der Waals surface area (Å²) in [5, 5.41) is 0. The fraction of sp³-hybridized carbons (Fsp3) is 0.967. The topological polar surface area (TPSA) is 35.5 Å². The van der Waals surface area contributed by atoms with Gasteiger partial charge in [0.05, 0.1) is 12.7 Å². The Labute approximate surface area is 203 Å². The van der Waals surface area contributed by atoms with Gasteiger partial charge in [-0.15, -0.1) is 0 Å². The average molecular weight is 459 g/mol. The van der Waals surface area contributed by atoms with Crippen LogP contribution in [0.2, 0.25) is 0 Å². The Balaban J connectivity index is 1.23. The number of ether oxygens (including phenoxy) is 2. The first-order chi connectivity index (χ1) is 15.8. The van der Waals surface area contributed by atoms with Crippen LogP contribution in [-0.2, 0) is 14.3 Å². The van der Waals surface area contributed by atoms with Crippen molar-refractivity contribution in [2.75, 3.05) is 13.7 Å². The fourth-order valence-electron chi connectivity index (χ4n) is 10.7. The van der Waals surface area contributed by atoms with Gasteiger partial charge in [0.1, 0.15) is 0 Å². The van der Waals surface area contributed by atoms with Crippen molar-refractivity contribution in [2.45, 2.75) is 117 Å². The van der Waals surface area contributed by atoms with Crippen LogP contribution in [0.3, 0.4) is 0 Å². The summed E-state index contributed by atoms with van der Waals surface area (Å²) in [4.78, 5) is 12.0. The molecule has 0 radical (unpaired) electrons. The average Bonchev–Trinajstić information content (AvgIpc) is 3.30. The number of carbonyl (C=O) groups is 1. The van der Waals surface area contributed by atoms with Crippen LogP contribution >= 0.6 is 0 Å². The second-order valence-electron chi connectivity index (χ2n) is 13.4. The van der Waals surface area contributed by atoms with Crippen LogP contribution < -0.4 is 0 Å². The molecule has 5 aliphatic rings. The zero-order valence-corrected chi connectivity index (χ0v) is 22.2. The summed E-state index contributed by atoms with van der Waals surface area (Å²) in [5.74, 6) is 5.19. The van der Waals surface area contributed by atoms with Gasteiger partial charge in [-0.1, -0.05) is 34.1 Å². The summed E-state index contributed by atoms with van der Waals surface area (Å²) < 4.78 is 11.7. The molecule has 188 valence electrons. The second-order valence-corrected chi connectivity index (χ2v) is 13.4. The zero-order chi connectivity index (χ0) is 23.4. The van der Waals surface area contributed by atoms with E-state index in [1.807, 2.05) is 7.11 Å². The Bertz CT molecular complexity index is 734. The molecule has 0 bridgehead atoms. The normalized spacial score (nSPS) is 48.4. The minimum Gasteiger partial charge on any atom is -0.466 e. The molecule has 0 aromatic heterocycles. The number of carbonyl (C=O) groups excluding carboxylic acids is 1. The van der Waals surface area contributed by atoms with Gasteiger partial charge in [-0.25, -0.2) is 0 Å². The summed E-state index contributed by atoms with van der Waals surface area (Å²) in [6.07, 6.45) is 16.7. The second kappa shape index (κ2) is 8.82. The minimum absolute atomic E-state index is 0.0107. The van der Waals surface area contributed by atoms with E-state index in [0.29, 0.717) is 41.3 Å². The van der Waals surface area contributed by atoms with Crippen molar-refractivity contribution in [3.63, 3.8) is 0 Å². The number of esters is 1. The maximum absolute atomic E-state index is 12.0. The van der Waals surface area contributed by atoms with Gasteiger partial charge in [0.15, 0.2) is 0 Å². The minimum atomic E-state index is 0.0107. The van der Waals surface area contributed by atoms with Crippen LogP contribution in [0, 0.1) is 51.8 Å². The molecule has 0 aromatic rings. The predicted molar refractivity (Wildman–Crippen MR) is 133 cm³/mol. The highest BCUT2D eigenvalue weighted by molar-refractivity contribution is 5.69. The highest BCUT2D eigenvalue weighted by atomic mass is 16.5. The molecule has 1 spiro atoms. The molecule has 5 aliphatic carbocycles. The number of hydrogen-bond donors (Lipinski definition) is 0. The Morgan fingerprint density at radius 3 is 2.61 bits per heavy atom. The maximum Gasteiger partial charge on any atom is 0.305 e. The van der Waals surface area contributed by atoms with Gasteiger partial charge in [-0.3, -0.25) is 4.79 Å². The van der Waals surface area contributed by atoms with Gasteiger partial charge in [0, 0.05) is 18.9 Å². The molecule has 5 rings (SSSR count). The number of methoxy groups -OCH3 is 1. The van der Waals surface area contributed by atoms with Crippen molar-refractivity contribution < 1.29 is 14.3 Å². The summed E-state index contributed by atoms with van der Waals surface area (Å²) >= 11 is 0. The summed E-state index contributed by atoms with van der Waals surface area (Å²) in [6.45, 7) is 10.5. The van der Waals surface area contributed by atoms with Crippen LogP contribution in [0.1, 0.15) is 111 Å². The first kappa shape index (κ1) is 24.1. The van der Waals surface area contributed by atoms with E-state index in [-0.39, 0.29) is 5.97 Å². The Morgan fingerprint density at radius 2 is 1.88 bits per heavy atom. The quantitative estimate of drug-likeness (QED) is 0.266. The predicted octanol–water partition coefficient (Wildman–Crippen LogP) is 7.42. The SMILES string of the molecule is CCCCOC(=O)CCC[C@@H](C)[C@H]1CC[C@H]2[C@@H]3C[C@@H](OC)C45C[C@H]4CC[C@]5(C)[C@H]3CC[C@]12C. The van der Waals surface area contributed by atoms with E-state index in [2.05, 4.69) is 27.7 Å². The monoisotopic (exact) mass is 458 g/mol. The number of hydrogen-bond acceptors (Lipinski definition) is 3. The third-order valence-electron chi connectivity index (χ3n) is 12.4. The lowest BCUT2D eigenvalue weighted by Crippen LogP contribution is -2.57. The van der Waals surface area contributed by atoms with Crippen molar-refractivity contribution >= 4 is 5.97 Å². The fourth-order valence-corrected chi connectivity index (χ4v) is 10.7. The van der Waals surface area contributed by atoms with E-state index in [1.54, 1.807) is 0 Å². The molecular formula is C30H50O3. The lowest BCUT2D eigenvalue weighted by atomic mass is 9.45. The molecule has 33 heavy (non-hydrogen) atoms. The molecular weight excluding hydrogens is 408 g/mol. The van der Waals surface area contributed by atoms with E-state index in [0.717, 1.165) is 48.9 Å². The Kier molecular flexibility index (Phi) is 6.45. The molecule has 0 aliphatic heterocycles. The summed E-state index contributed by atoms with van der Waals surface area (Å²) in [5.41, 5.74) is 1.56. The van der Waals surface area contributed by atoms with Crippen LogP contribution in [0.15, 0.2) is 0 Å². The van der Waals surface area contributed by atoms with Crippen molar-refractivity contribution in [3.05, 3.63) is 0 Å². The standard InChI is InChI=1S/C30H50O3/c1-6-7-17-33-27(31)10-8-9-20(2)23-11-12-24-22-18-26(32-5)30-19-21(30)13-16-29(30,4)25(22)14-15-28(23,24)3/h20-26H,6-19H2,1-5H3/t20-,21-,22+,23-,24+,25+,26-,28-,29-,30?/m1/s1. The molecule has 10 atom stereocenters. The third kappa shape index (κ3) is 3.56. The van der Waals surface area contributed by atoms with Crippen molar-refractivity contribution in [2.24, 2.45) is 51.8 Å². The van der Waals surface area contributed by atoms with Crippen molar-refractivity contribution in [1.82, 2.24) is 0 Å². The Morgan fingerprint density at radius 1 is 1.06 bits per heavy atom. The van der Waals surface area contributed by atoms with Gasteiger partial charge in [0.25, 0.3) is 0 Å². The molecule has 0 N–H and O–H groups in total. The van der Waals surface area contributed by atoms with Gasteiger partial charge in [-0.05, 0) is 117 Å². The van der Waals surface area contributed by atoms with E-state index >= 15 is 0 Å². The summed E-state index contributed by atoms with van der Waals surface area (Å²) in [7, 11) is 2.00. The first-order valence-corrected chi connectivity index (χ1v) is 14.5. The molecule has 3 nitrogen and oxygen atoms in total. The molecule has 0 heterocycles. The molecule has 5 fully saturated rings. The molecule has 5 saturated carbocycles. The highest BCUT2D eigenvalue weighted by Crippen LogP contribution is 2.82. The van der Waals surface area contributed by atoms with E-state index in [9.17, 15) is 4.79 Å². The lowest BCUT2D eigenvalue weighted by Gasteiger charge is -2.61. The van der Waals surface area contributed by atoms with Crippen molar-refractivity contribution in [1.29, 1.82) is 0 Å². The first-order valence-electron chi connectivity index (χ1n) is 14.5. The van der Waals surface area contributed by atoms with Gasteiger partial charge >= 0.3 is 5.97 Å². The van der Waals surface area contributed by atoms with Crippen LogP contribution in [0.5, 0.6) is 0 Å². The lowest BCUT2D eigenvalue weighted by molar-refractivity contribution is -0.161. The van der Waals surface area contributed by atoms with Crippen LogP contribution in [-0.4, -0.2) is 25.8 Å². The van der Waals surface area contributed by atoms with E-state index in [4.69, 9.17) is 9.47 Å². The van der Waals surface area contributed by atoms with Gasteiger partial charge < -0.3 is 9.47 Å². The number of fused-ring (bicyclic) bond motifs is 4. The van der Waals surface area contributed by atoms with Crippen molar-refractivity contribution in [3.8, 4) is 0 Å². The largest absolute Gasteiger partial charge is 0.466 e. The van der Waals surface area contributed by atoms with Gasteiger partial charge in [0.2, 0.25) is 0 Å². The van der Waals surface area contributed by atoms with Crippen LogP contribution in [0.25, 0.3) is 0 Å². The molecule has 0 saturated heterocycles.